The molecule has 4 atom stereocenters. The SMILES string of the molecule is COC(=O)[C@H](COCCC12C=CC(CC1)C2)NC(=O)[C@@H](N)CC(=O)O. The predicted octanol–water partition coefficient (Wildman–Crippen LogP) is 0.209. The van der Waals surface area contributed by atoms with E-state index in [1.165, 1.54) is 20.0 Å². The zero-order valence-corrected chi connectivity index (χ0v) is 14.4. The molecular weight excluding hydrogens is 328 g/mol. The standard InChI is InChI=1S/C17H26N2O6/c1-24-16(23)13(19-15(22)12(18)8-14(20)21)10-25-7-6-17-4-2-11(9-17)3-5-17/h2,4,11-13H,3,5-10,18H2,1H3,(H,19,22)(H,20,21)/t11?,12-,13-,17?/m0/s1. The van der Waals surface area contributed by atoms with Gasteiger partial charge in [-0.1, -0.05) is 12.2 Å². The summed E-state index contributed by atoms with van der Waals surface area (Å²) in [4.78, 5) is 34.3. The molecule has 0 heterocycles. The Kier molecular flexibility index (Phi) is 6.55. The highest BCUT2D eigenvalue weighted by Crippen LogP contribution is 2.51. The third-order valence-electron chi connectivity index (χ3n) is 4.97. The van der Waals surface area contributed by atoms with E-state index in [2.05, 4.69) is 22.2 Å². The summed E-state index contributed by atoms with van der Waals surface area (Å²) in [5, 5.41) is 11.1. The second-order valence-corrected chi connectivity index (χ2v) is 6.84. The van der Waals surface area contributed by atoms with Crippen LogP contribution in [0.5, 0.6) is 0 Å². The van der Waals surface area contributed by atoms with Crippen LogP contribution in [0, 0.1) is 11.3 Å². The van der Waals surface area contributed by atoms with E-state index in [9.17, 15) is 14.4 Å². The van der Waals surface area contributed by atoms with Crippen LogP contribution in [-0.2, 0) is 23.9 Å². The minimum Gasteiger partial charge on any atom is -0.481 e. The summed E-state index contributed by atoms with van der Waals surface area (Å²) < 4.78 is 10.2. The Morgan fingerprint density at radius 1 is 1.44 bits per heavy atom. The normalized spacial score (nSPS) is 26.2. The monoisotopic (exact) mass is 354 g/mol. The number of nitrogens with two attached hydrogens (primary N) is 1. The average Bonchev–Trinajstić information content (AvgIpc) is 3.17. The van der Waals surface area contributed by atoms with Gasteiger partial charge in [0, 0.05) is 6.61 Å². The summed E-state index contributed by atoms with van der Waals surface area (Å²) in [5.74, 6) is -1.88. The Bertz CT molecular complexity index is 549. The van der Waals surface area contributed by atoms with Crippen molar-refractivity contribution in [2.45, 2.75) is 44.2 Å². The molecule has 1 amide bonds. The summed E-state index contributed by atoms with van der Waals surface area (Å²) in [7, 11) is 1.21. The van der Waals surface area contributed by atoms with Gasteiger partial charge in [-0.2, -0.15) is 0 Å². The number of carbonyl (C=O) groups excluding carboxylic acids is 2. The van der Waals surface area contributed by atoms with E-state index in [-0.39, 0.29) is 12.0 Å². The molecule has 0 saturated heterocycles. The Morgan fingerprint density at radius 3 is 2.72 bits per heavy atom. The van der Waals surface area contributed by atoms with Crippen LogP contribution in [-0.4, -0.2) is 55.4 Å². The molecule has 140 valence electrons. The number of hydrogen-bond acceptors (Lipinski definition) is 6. The Hall–Kier alpha value is -1.93. The number of amides is 1. The number of aliphatic carboxylic acids is 1. The lowest BCUT2D eigenvalue weighted by atomic mass is 9.85. The fourth-order valence-electron chi connectivity index (χ4n) is 3.51. The molecule has 25 heavy (non-hydrogen) atoms. The van der Waals surface area contributed by atoms with Crippen molar-refractivity contribution < 1.29 is 29.0 Å². The molecule has 1 saturated carbocycles. The van der Waals surface area contributed by atoms with Crippen molar-refractivity contribution in [3.8, 4) is 0 Å². The van der Waals surface area contributed by atoms with Crippen molar-refractivity contribution in [1.29, 1.82) is 0 Å². The van der Waals surface area contributed by atoms with E-state index in [1.54, 1.807) is 0 Å². The summed E-state index contributed by atoms with van der Waals surface area (Å²) >= 11 is 0. The summed E-state index contributed by atoms with van der Waals surface area (Å²) in [5.41, 5.74) is 5.71. The minimum absolute atomic E-state index is 0.0403. The number of hydrogen-bond donors (Lipinski definition) is 3. The zero-order chi connectivity index (χ0) is 18.4. The van der Waals surface area contributed by atoms with Crippen molar-refractivity contribution in [3.63, 3.8) is 0 Å². The first kappa shape index (κ1) is 19.4. The van der Waals surface area contributed by atoms with Crippen LogP contribution in [0.25, 0.3) is 0 Å². The van der Waals surface area contributed by atoms with Crippen molar-refractivity contribution in [2.24, 2.45) is 17.1 Å². The van der Waals surface area contributed by atoms with Crippen molar-refractivity contribution in [2.75, 3.05) is 20.3 Å². The van der Waals surface area contributed by atoms with Gasteiger partial charge < -0.3 is 25.6 Å². The molecular formula is C17H26N2O6. The molecule has 2 unspecified atom stereocenters. The molecule has 1 fully saturated rings. The molecule has 2 bridgehead atoms. The fraction of sp³-hybridized carbons (Fsp3) is 0.706. The summed E-state index contributed by atoms with van der Waals surface area (Å²) in [6, 6.07) is -2.24. The Balaban J connectivity index is 1.77. The number of carboxylic acids is 1. The minimum atomic E-state index is -1.23. The number of fused-ring (bicyclic) bond motifs is 2. The van der Waals surface area contributed by atoms with E-state index < -0.39 is 36.4 Å². The van der Waals surface area contributed by atoms with Gasteiger partial charge in [0.05, 0.1) is 26.2 Å². The maximum absolute atomic E-state index is 11.9. The van der Waals surface area contributed by atoms with Crippen LogP contribution in [0.3, 0.4) is 0 Å². The summed E-state index contributed by atoms with van der Waals surface area (Å²) in [6.07, 6.45) is 8.45. The average molecular weight is 354 g/mol. The van der Waals surface area contributed by atoms with Crippen LogP contribution in [0.4, 0.5) is 0 Å². The third kappa shape index (κ3) is 5.27. The summed E-state index contributed by atoms with van der Waals surface area (Å²) in [6.45, 7) is 0.434. The van der Waals surface area contributed by atoms with Crippen molar-refractivity contribution in [3.05, 3.63) is 12.2 Å². The lowest BCUT2D eigenvalue weighted by Crippen LogP contribution is -2.51. The first-order valence-corrected chi connectivity index (χ1v) is 8.48. The van der Waals surface area contributed by atoms with E-state index >= 15 is 0 Å². The molecule has 0 spiro atoms. The molecule has 0 aromatic heterocycles. The third-order valence-corrected chi connectivity index (χ3v) is 4.97. The molecule has 2 aliphatic rings. The lowest BCUT2D eigenvalue weighted by molar-refractivity contribution is -0.147. The smallest absolute Gasteiger partial charge is 0.330 e. The van der Waals surface area contributed by atoms with Gasteiger partial charge in [0.2, 0.25) is 5.91 Å². The first-order valence-electron chi connectivity index (χ1n) is 8.48. The van der Waals surface area contributed by atoms with Crippen LogP contribution in [0.1, 0.15) is 32.1 Å². The highest BCUT2D eigenvalue weighted by atomic mass is 16.5. The number of carbonyl (C=O) groups is 3. The lowest BCUT2D eigenvalue weighted by Gasteiger charge is -2.24. The first-order chi connectivity index (χ1) is 11.8. The quantitative estimate of drug-likeness (QED) is 0.291. The number of carboxylic acid groups (broad SMARTS) is 1. The van der Waals surface area contributed by atoms with Gasteiger partial charge in [-0.3, -0.25) is 9.59 Å². The van der Waals surface area contributed by atoms with Gasteiger partial charge in [0.1, 0.15) is 0 Å². The van der Waals surface area contributed by atoms with Gasteiger partial charge in [-0.05, 0) is 37.0 Å². The van der Waals surface area contributed by atoms with Crippen LogP contribution >= 0.6 is 0 Å². The topological polar surface area (TPSA) is 128 Å². The number of rotatable bonds is 10. The molecule has 2 aliphatic carbocycles. The Morgan fingerprint density at radius 2 is 2.20 bits per heavy atom. The fourth-order valence-corrected chi connectivity index (χ4v) is 3.51. The highest BCUT2D eigenvalue weighted by Gasteiger charge is 2.40. The number of methoxy groups -OCH3 is 1. The molecule has 0 aromatic carbocycles. The van der Waals surface area contributed by atoms with Crippen LogP contribution in [0.2, 0.25) is 0 Å². The van der Waals surface area contributed by atoms with Crippen molar-refractivity contribution >= 4 is 17.8 Å². The van der Waals surface area contributed by atoms with E-state index in [0.717, 1.165) is 12.8 Å². The van der Waals surface area contributed by atoms with Gasteiger partial charge in [-0.15, -0.1) is 0 Å². The molecule has 2 rings (SSSR count). The van der Waals surface area contributed by atoms with Gasteiger partial charge in [0.15, 0.2) is 6.04 Å². The van der Waals surface area contributed by atoms with Gasteiger partial charge in [0.25, 0.3) is 0 Å². The molecule has 0 aromatic rings. The number of nitrogens with one attached hydrogen (secondary N) is 1. The van der Waals surface area contributed by atoms with E-state index in [1.807, 2.05) is 0 Å². The van der Waals surface area contributed by atoms with Gasteiger partial charge in [-0.25, -0.2) is 4.79 Å². The number of ether oxygens (including phenoxy) is 2. The van der Waals surface area contributed by atoms with Crippen LogP contribution in [0.15, 0.2) is 12.2 Å². The molecule has 4 N–H and O–H groups in total. The molecule has 0 radical (unpaired) electrons. The second kappa shape index (κ2) is 8.44. The van der Waals surface area contributed by atoms with E-state index in [0.29, 0.717) is 12.5 Å². The maximum Gasteiger partial charge on any atom is 0.330 e. The molecule has 0 aliphatic heterocycles. The molecule has 8 nitrogen and oxygen atoms in total. The highest BCUT2D eigenvalue weighted by molar-refractivity contribution is 5.89. The second-order valence-electron chi connectivity index (χ2n) is 6.84. The van der Waals surface area contributed by atoms with E-state index in [4.69, 9.17) is 15.6 Å². The Labute approximate surface area is 146 Å². The maximum atomic E-state index is 11.9. The van der Waals surface area contributed by atoms with Gasteiger partial charge >= 0.3 is 11.9 Å². The predicted molar refractivity (Wildman–Crippen MR) is 88.5 cm³/mol. The number of allylic oxidation sites excluding steroid dienone is 2. The largest absolute Gasteiger partial charge is 0.481 e. The molecule has 8 heteroatoms. The van der Waals surface area contributed by atoms with Crippen molar-refractivity contribution in [1.82, 2.24) is 5.32 Å². The zero-order valence-electron chi connectivity index (χ0n) is 14.4. The van der Waals surface area contributed by atoms with Crippen LogP contribution < -0.4 is 11.1 Å². The number of esters is 1.